The fraction of sp³-hybridized carbons (Fsp3) is 0.765. The molecule has 0 aromatic heterocycles. The van der Waals surface area contributed by atoms with E-state index in [1.807, 2.05) is 6.92 Å². The Bertz CT molecular complexity index is 569. The van der Waals surface area contributed by atoms with Gasteiger partial charge in [-0.05, 0) is 30.3 Å². The Kier molecular flexibility index (Phi) is 2.81. The number of carbonyl (C=O) groups excluding carboxylic acids is 2. The minimum atomic E-state index is -0.720. The average Bonchev–Trinajstić information content (AvgIpc) is 2.94. The van der Waals surface area contributed by atoms with Gasteiger partial charge in [0.2, 0.25) is 5.79 Å². The molecule has 2 spiro atoms. The molecule has 0 N–H and O–H groups in total. The van der Waals surface area contributed by atoms with Crippen LogP contribution in [0.25, 0.3) is 0 Å². The zero-order valence-corrected chi connectivity index (χ0v) is 13.1. The maximum absolute atomic E-state index is 11.8. The van der Waals surface area contributed by atoms with Gasteiger partial charge in [0, 0.05) is 25.2 Å². The molecule has 2 aliphatic heterocycles. The molecule has 0 aromatic rings. The van der Waals surface area contributed by atoms with E-state index in [4.69, 9.17) is 14.2 Å². The van der Waals surface area contributed by atoms with Crippen LogP contribution in [0.15, 0.2) is 12.2 Å². The Morgan fingerprint density at radius 2 is 2.18 bits per heavy atom. The van der Waals surface area contributed by atoms with Crippen molar-refractivity contribution in [2.45, 2.75) is 51.4 Å². The summed E-state index contributed by atoms with van der Waals surface area (Å²) in [6.07, 6.45) is 3.15. The average molecular weight is 306 g/mol. The van der Waals surface area contributed by atoms with Crippen LogP contribution in [0.5, 0.6) is 0 Å². The zero-order valence-electron chi connectivity index (χ0n) is 13.1. The summed E-state index contributed by atoms with van der Waals surface area (Å²) < 4.78 is 17.0. The highest BCUT2D eigenvalue weighted by molar-refractivity contribution is 5.74. The Morgan fingerprint density at radius 1 is 1.41 bits per heavy atom. The first-order chi connectivity index (χ1) is 10.4. The molecule has 0 radical (unpaired) electrons. The summed E-state index contributed by atoms with van der Waals surface area (Å²) in [5.74, 6) is -0.447. The lowest BCUT2D eigenvalue weighted by molar-refractivity contribution is -0.192. The maximum Gasteiger partial charge on any atom is 0.311 e. The van der Waals surface area contributed by atoms with Gasteiger partial charge in [0.25, 0.3) is 0 Å². The van der Waals surface area contributed by atoms with Crippen LogP contribution in [0.4, 0.5) is 0 Å². The van der Waals surface area contributed by atoms with Gasteiger partial charge >= 0.3 is 11.9 Å². The molecule has 5 fully saturated rings. The summed E-state index contributed by atoms with van der Waals surface area (Å²) in [7, 11) is 0. The Morgan fingerprint density at radius 3 is 2.77 bits per heavy atom. The highest BCUT2D eigenvalue weighted by atomic mass is 16.7. The van der Waals surface area contributed by atoms with Crippen LogP contribution in [0, 0.1) is 23.2 Å². The zero-order chi connectivity index (χ0) is 15.7. The molecule has 3 saturated carbocycles. The second kappa shape index (κ2) is 4.34. The summed E-state index contributed by atoms with van der Waals surface area (Å²) in [5, 5.41) is 0. The highest BCUT2D eigenvalue weighted by Gasteiger charge is 2.69. The number of hydrogen-bond acceptors (Lipinski definition) is 5. The lowest BCUT2D eigenvalue weighted by Crippen LogP contribution is -2.58. The number of ether oxygens (including phenoxy) is 3. The lowest BCUT2D eigenvalue weighted by atomic mass is 9.44. The van der Waals surface area contributed by atoms with Crippen molar-refractivity contribution in [3.05, 3.63) is 12.2 Å². The highest BCUT2D eigenvalue weighted by Crippen LogP contribution is 2.68. The smallest absolute Gasteiger partial charge is 0.311 e. The maximum atomic E-state index is 11.8. The van der Waals surface area contributed by atoms with Gasteiger partial charge in [0.1, 0.15) is 6.10 Å². The first-order valence-corrected chi connectivity index (χ1v) is 8.08. The molecule has 3 aliphatic carbocycles. The van der Waals surface area contributed by atoms with E-state index < -0.39 is 5.79 Å². The third-order valence-electron chi connectivity index (χ3n) is 6.20. The van der Waals surface area contributed by atoms with Crippen LogP contribution in [0.2, 0.25) is 0 Å². The van der Waals surface area contributed by atoms with Crippen molar-refractivity contribution < 1.29 is 23.8 Å². The van der Waals surface area contributed by atoms with Crippen molar-refractivity contribution in [3.8, 4) is 0 Å². The standard InChI is InChI=1S/C17H22O5/c1-9-6-17(22-15(9)19)7-16(8-20-17)12-4-13(16)10(2)14(5-12)21-11(3)18/h9,12-14H,2,4-8H2,1,3H3. The van der Waals surface area contributed by atoms with Crippen molar-refractivity contribution in [3.63, 3.8) is 0 Å². The fourth-order valence-electron chi connectivity index (χ4n) is 5.12. The van der Waals surface area contributed by atoms with E-state index in [0.717, 1.165) is 24.8 Å². The SMILES string of the molecule is C=C1C(OC(C)=O)CC2CC1C21COC2(CC(C)C(=O)O2)C1. The van der Waals surface area contributed by atoms with Gasteiger partial charge in [-0.3, -0.25) is 9.59 Å². The van der Waals surface area contributed by atoms with Gasteiger partial charge in [0.05, 0.1) is 12.5 Å². The Hall–Kier alpha value is -1.36. The summed E-state index contributed by atoms with van der Waals surface area (Å²) in [4.78, 5) is 23.0. The summed E-state index contributed by atoms with van der Waals surface area (Å²) in [5.41, 5.74) is 1.04. The molecule has 6 atom stereocenters. The van der Waals surface area contributed by atoms with E-state index in [0.29, 0.717) is 24.9 Å². The largest absolute Gasteiger partial charge is 0.458 e. The van der Waals surface area contributed by atoms with Crippen molar-refractivity contribution in [2.75, 3.05) is 6.61 Å². The topological polar surface area (TPSA) is 61.8 Å². The van der Waals surface area contributed by atoms with Crippen LogP contribution in [0.1, 0.15) is 39.5 Å². The number of esters is 2. The van der Waals surface area contributed by atoms with E-state index in [-0.39, 0.29) is 29.4 Å². The number of fused-ring (bicyclic) bond motifs is 2. The predicted octanol–water partition coefficient (Wildman–Crippen LogP) is 2.20. The van der Waals surface area contributed by atoms with Gasteiger partial charge in [-0.15, -0.1) is 0 Å². The van der Waals surface area contributed by atoms with E-state index in [2.05, 4.69) is 6.58 Å². The van der Waals surface area contributed by atoms with Crippen LogP contribution in [-0.4, -0.2) is 30.4 Å². The normalized spacial score (nSPS) is 49.4. The molecule has 5 rings (SSSR count). The first kappa shape index (κ1) is 14.2. The third kappa shape index (κ3) is 1.75. The molecule has 0 aromatic carbocycles. The summed E-state index contributed by atoms with van der Waals surface area (Å²) >= 11 is 0. The van der Waals surface area contributed by atoms with Crippen LogP contribution < -0.4 is 0 Å². The molecule has 22 heavy (non-hydrogen) atoms. The fourth-order valence-corrected chi connectivity index (χ4v) is 5.12. The van der Waals surface area contributed by atoms with E-state index >= 15 is 0 Å². The van der Waals surface area contributed by atoms with Gasteiger partial charge < -0.3 is 14.2 Å². The first-order valence-electron chi connectivity index (χ1n) is 8.08. The van der Waals surface area contributed by atoms with Gasteiger partial charge in [-0.2, -0.15) is 0 Å². The molecule has 2 heterocycles. The van der Waals surface area contributed by atoms with Gasteiger partial charge in [-0.1, -0.05) is 13.5 Å². The van der Waals surface area contributed by atoms with Gasteiger partial charge in [-0.25, -0.2) is 0 Å². The number of carbonyl (C=O) groups is 2. The molecule has 0 amide bonds. The second-order valence-electron chi connectivity index (χ2n) is 7.53. The minimum absolute atomic E-state index is 0.0259. The molecule has 2 saturated heterocycles. The molecular formula is C17H22O5. The molecule has 5 heteroatoms. The van der Waals surface area contributed by atoms with Gasteiger partial charge in [0.15, 0.2) is 0 Å². The molecule has 120 valence electrons. The van der Waals surface area contributed by atoms with Crippen molar-refractivity contribution in [2.24, 2.45) is 23.2 Å². The molecule has 6 unspecified atom stereocenters. The second-order valence-corrected chi connectivity index (χ2v) is 7.53. The van der Waals surface area contributed by atoms with Crippen LogP contribution >= 0.6 is 0 Å². The predicted molar refractivity (Wildman–Crippen MR) is 76.5 cm³/mol. The van der Waals surface area contributed by atoms with E-state index in [1.54, 1.807) is 0 Å². The van der Waals surface area contributed by atoms with E-state index in [9.17, 15) is 9.59 Å². The quantitative estimate of drug-likeness (QED) is 0.549. The molecular weight excluding hydrogens is 284 g/mol. The van der Waals surface area contributed by atoms with Crippen molar-refractivity contribution >= 4 is 11.9 Å². The van der Waals surface area contributed by atoms with Crippen molar-refractivity contribution in [1.82, 2.24) is 0 Å². The van der Waals surface area contributed by atoms with Crippen molar-refractivity contribution in [1.29, 1.82) is 0 Å². The minimum Gasteiger partial charge on any atom is -0.458 e. The lowest BCUT2D eigenvalue weighted by Gasteiger charge is -2.60. The number of rotatable bonds is 1. The third-order valence-corrected chi connectivity index (χ3v) is 6.20. The molecule has 5 nitrogen and oxygen atoms in total. The monoisotopic (exact) mass is 306 g/mol. The Balaban J connectivity index is 1.53. The molecule has 2 bridgehead atoms. The Labute approximate surface area is 130 Å². The summed E-state index contributed by atoms with van der Waals surface area (Å²) in [6, 6.07) is 0. The van der Waals surface area contributed by atoms with E-state index in [1.165, 1.54) is 6.92 Å². The summed E-state index contributed by atoms with van der Waals surface area (Å²) in [6.45, 7) is 8.14. The van der Waals surface area contributed by atoms with Crippen LogP contribution in [-0.2, 0) is 23.8 Å². The molecule has 5 aliphatic rings. The van der Waals surface area contributed by atoms with Crippen LogP contribution in [0.3, 0.4) is 0 Å². The number of hydrogen-bond donors (Lipinski definition) is 0.